The van der Waals surface area contributed by atoms with Gasteiger partial charge in [-0.1, -0.05) is 81.4 Å². The van der Waals surface area contributed by atoms with Gasteiger partial charge in [-0.15, -0.1) is 11.3 Å². The molecular formula is C30H35N3O4S. The number of carboxylic acids is 1. The minimum atomic E-state index is -1.46. The van der Waals surface area contributed by atoms with E-state index in [4.69, 9.17) is 4.52 Å². The Bertz CT molecular complexity index is 1350. The summed E-state index contributed by atoms with van der Waals surface area (Å²) in [7, 11) is 0. The van der Waals surface area contributed by atoms with Crippen LogP contribution in [-0.2, 0) is 22.6 Å². The van der Waals surface area contributed by atoms with Crippen molar-refractivity contribution in [3.8, 4) is 11.5 Å². The summed E-state index contributed by atoms with van der Waals surface area (Å²) in [5, 5.41) is 16.8. The Morgan fingerprint density at radius 1 is 1.00 bits per heavy atom. The average molecular weight is 534 g/mol. The lowest BCUT2D eigenvalue weighted by molar-refractivity contribution is -0.157. The summed E-state index contributed by atoms with van der Waals surface area (Å²) in [6, 6.07) is 15.2. The van der Waals surface area contributed by atoms with Crippen molar-refractivity contribution in [2.75, 3.05) is 0 Å². The van der Waals surface area contributed by atoms with E-state index in [1.165, 1.54) is 37.0 Å². The smallest absolute Gasteiger partial charge is 0.394 e. The van der Waals surface area contributed by atoms with Gasteiger partial charge < -0.3 is 14.5 Å². The number of fused-ring (bicyclic) bond motifs is 1. The molecule has 2 aromatic heterocycles. The van der Waals surface area contributed by atoms with E-state index in [-0.39, 0.29) is 6.54 Å². The molecule has 4 rings (SSSR count). The maximum atomic E-state index is 12.8. The predicted octanol–water partition coefficient (Wildman–Crippen LogP) is 7.42. The first-order valence-electron chi connectivity index (χ1n) is 13.4. The number of unbranched alkanes of at least 4 members (excludes halogenated alkanes) is 5. The fourth-order valence-corrected chi connectivity index (χ4v) is 5.76. The van der Waals surface area contributed by atoms with Crippen LogP contribution in [0.5, 0.6) is 0 Å². The van der Waals surface area contributed by atoms with E-state index in [0.717, 1.165) is 39.6 Å². The summed E-state index contributed by atoms with van der Waals surface area (Å²) in [6.07, 6.45) is 8.63. The van der Waals surface area contributed by atoms with Gasteiger partial charge in [-0.3, -0.25) is 4.79 Å². The number of aryl methyl sites for hydroxylation is 1. The van der Waals surface area contributed by atoms with E-state index in [1.807, 2.05) is 60.8 Å². The molecule has 1 amide bonds. The Morgan fingerprint density at radius 2 is 1.74 bits per heavy atom. The third-order valence-corrected chi connectivity index (χ3v) is 7.89. The molecule has 7 nitrogen and oxygen atoms in total. The molecule has 0 aliphatic heterocycles. The largest absolute Gasteiger partial charge is 0.474 e. The summed E-state index contributed by atoms with van der Waals surface area (Å²) in [5.41, 5.74) is 2.60. The molecule has 0 saturated carbocycles. The van der Waals surface area contributed by atoms with Gasteiger partial charge in [-0.05, 0) is 52.9 Å². The van der Waals surface area contributed by atoms with Crippen LogP contribution in [0, 0.1) is 0 Å². The fourth-order valence-electron chi connectivity index (χ4n) is 4.81. The Kier molecular flexibility index (Phi) is 9.65. The van der Waals surface area contributed by atoms with Crippen molar-refractivity contribution < 1.29 is 19.2 Å². The van der Waals surface area contributed by atoms with E-state index in [1.54, 1.807) is 11.3 Å². The first-order chi connectivity index (χ1) is 18.5. The van der Waals surface area contributed by atoms with Crippen LogP contribution in [0.3, 0.4) is 0 Å². The Labute approximate surface area is 227 Å². The van der Waals surface area contributed by atoms with Crippen molar-refractivity contribution in [1.29, 1.82) is 0 Å². The number of thiophene rings is 1. The first kappa shape index (κ1) is 27.5. The molecule has 1 N–H and O–H groups in total. The summed E-state index contributed by atoms with van der Waals surface area (Å²) in [5.74, 6) is -1.18. The fraction of sp³-hybridized carbons (Fsp3) is 0.400. The van der Waals surface area contributed by atoms with Gasteiger partial charge in [-0.2, -0.15) is 4.98 Å². The minimum absolute atomic E-state index is 0.223. The van der Waals surface area contributed by atoms with Crippen LogP contribution in [0.4, 0.5) is 0 Å². The van der Waals surface area contributed by atoms with Crippen molar-refractivity contribution in [1.82, 2.24) is 15.0 Å². The molecule has 1 atom stereocenters. The Hall–Kier alpha value is -3.52. The number of rotatable bonds is 13. The van der Waals surface area contributed by atoms with E-state index in [0.29, 0.717) is 18.1 Å². The Morgan fingerprint density at radius 3 is 2.47 bits per heavy atom. The Balaban J connectivity index is 1.47. The molecule has 2 heterocycles. The molecule has 4 aromatic rings. The van der Waals surface area contributed by atoms with Crippen molar-refractivity contribution in [3.05, 3.63) is 70.9 Å². The van der Waals surface area contributed by atoms with Crippen LogP contribution < -0.4 is 0 Å². The second-order valence-electron chi connectivity index (χ2n) is 9.57. The summed E-state index contributed by atoms with van der Waals surface area (Å²) in [4.78, 5) is 30.6. The molecule has 8 heteroatoms. The molecular weight excluding hydrogens is 498 g/mol. The lowest BCUT2D eigenvalue weighted by Crippen LogP contribution is -2.38. The molecule has 0 bridgehead atoms. The SMILES string of the molecule is CCCCCCCCc1noc(-c2ccc(C(CC)N(Cc3csc4ccccc34)C(=O)C(=O)O)cc2)n1. The zero-order valence-corrected chi connectivity index (χ0v) is 22.9. The molecule has 0 aliphatic carbocycles. The van der Waals surface area contributed by atoms with Gasteiger partial charge in [0, 0.05) is 23.2 Å². The number of carboxylic acid groups (broad SMARTS) is 1. The monoisotopic (exact) mass is 533 g/mol. The number of aromatic nitrogens is 2. The number of amides is 1. The highest BCUT2D eigenvalue weighted by molar-refractivity contribution is 7.17. The van der Waals surface area contributed by atoms with Crippen LogP contribution in [0.2, 0.25) is 0 Å². The summed E-state index contributed by atoms with van der Waals surface area (Å²) < 4.78 is 6.61. The normalized spacial score (nSPS) is 12.1. The zero-order chi connectivity index (χ0) is 26.9. The van der Waals surface area contributed by atoms with Crippen LogP contribution in [0.15, 0.2) is 58.4 Å². The number of carbonyl (C=O) groups excluding carboxylic acids is 1. The van der Waals surface area contributed by atoms with Gasteiger partial charge in [0.15, 0.2) is 5.82 Å². The third kappa shape index (κ3) is 6.67. The van der Waals surface area contributed by atoms with E-state index in [9.17, 15) is 14.7 Å². The van der Waals surface area contributed by atoms with E-state index in [2.05, 4.69) is 17.1 Å². The number of hydrogen-bond acceptors (Lipinski definition) is 6. The van der Waals surface area contributed by atoms with Gasteiger partial charge in [0.1, 0.15) is 0 Å². The quantitative estimate of drug-likeness (QED) is 0.142. The number of carbonyl (C=O) groups is 2. The molecule has 38 heavy (non-hydrogen) atoms. The van der Waals surface area contributed by atoms with Crippen molar-refractivity contribution in [2.24, 2.45) is 0 Å². The minimum Gasteiger partial charge on any atom is -0.474 e. The van der Waals surface area contributed by atoms with Crippen LogP contribution in [0.1, 0.15) is 81.8 Å². The lowest BCUT2D eigenvalue weighted by atomic mass is 10.00. The van der Waals surface area contributed by atoms with Gasteiger partial charge in [0.25, 0.3) is 5.89 Å². The lowest BCUT2D eigenvalue weighted by Gasteiger charge is -2.30. The molecule has 1 unspecified atom stereocenters. The highest BCUT2D eigenvalue weighted by Crippen LogP contribution is 2.32. The van der Waals surface area contributed by atoms with Crippen LogP contribution in [-0.4, -0.2) is 32.0 Å². The van der Waals surface area contributed by atoms with Crippen molar-refractivity contribution in [3.63, 3.8) is 0 Å². The highest BCUT2D eigenvalue weighted by Gasteiger charge is 2.29. The molecule has 0 fully saturated rings. The highest BCUT2D eigenvalue weighted by atomic mass is 32.1. The average Bonchev–Trinajstić information content (AvgIpc) is 3.58. The molecule has 0 spiro atoms. The van der Waals surface area contributed by atoms with Crippen molar-refractivity contribution >= 4 is 33.3 Å². The number of hydrogen-bond donors (Lipinski definition) is 1. The topological polar surface area (TPSA) is 96.5 Å². The molecule has 0 aliphatic rings. The molecule has 200 valence electrons. The molecule has 0 saturated heterocycles. The van der Waals surface area contributed by atoms with Crippen LogP contribution in [0.25, 0.3) is 21.5 Å². The van der Waals surface area contributed by atoms with Gasteiger partial charge in [0.2, 0.25) is 0 Å². The van der Waals surface area contributed by atoms with Gasteiger partial charge >= 0.3 is 11.9 Å². The van der Waals surface area contributed by atoms with E-state index >= 15 is 0 Å². The molecule has 0 radical (unpaired) electrons. The van der Waals surface area contributed by atoms with Crippen molar-refractivity contribution in [2.45, 2.75) is 77.8 Å². The second kappa shape index (κ2) is 13.3. The third-order valence-electron chi connectivity index (χ3n) is 6.87. The summed E-state index contributed by atoms with van der Waals surface area (Å²) in [6.45, 7) is 4.40. The number of nitrogens with zero attached hydrogens (tertiary/aromatic N) is 3. The predicted molar refractivity (Wildman–Crippen MR) is 150 cm³/mol. The van der Waals surface area contributed by atoms with Gasteiger partial charge in [0.05, 0.1) is 6.04 Å². The zero-order valence-electron chi connectivity index (χ0n) is 22.1. The number of benzene rings is 2. The molecule has 2 aromatic carbocycles. The first-order valence-corrected chi connectivity index (χ1v) is 14.3. The van der Waals surface area contributed by atoms with E-state index < -0.39 is 17.9 Å². The second-order valence-corrected chi connectivity index (χ2v) is 10.5. The van der Waals surface area contributed by atoms with Gasteiger partial charge in [-0.25, -0.2) is 4.79 Å². The standard InChI is InChI=1S/C30H35N3O4S/c1-3-5-6-7-8-9-14-27-31-28(37-32-27)22-17-15-21(16-18-22)25(4-2)33(29(34)30(35)36)19-23-20-38-26-13-11-10-12-24(23)26/h10-13,15-18,20,25H,3-9,14,19H2,1-2H3,(H,35,36). The maximum Gasteiger partial charge on any atom is 0.394 e. The maximum absolute atomic E-state index is 12.8. The number of aliphatic carboxylic acids is 1. The van der Waals surface area contributed by atoms with Crippen LogP contribution >= 0.6 is 11.3 Å². The summed E-state index contributed by atoms with van der Waals surface area (Å²) >= 11 is 1.59.